The molecule has 1 heterocycles. The summed E-state index contributed by atoms with van der Waals surface area (Å²) in [5.41, 5.74) is 0.831. The maximum Gasteiger partial charge on any atom is 0.317 e. The lowest BCUT2D eigenvalue weighted by Gasteiger charge is -2.18. The molecule has 2 aromatic rings. The van der Waals surface area contributed by atoms with Crippen LogP contribution in [0.15, 0.2) is 36.7 Å². The quantitative estimate of drug-likeness (QED) is 0.763. The van der Waals surface area contributed by atoms with Crippen LogP contribution >= 0.6 is 0 Å². The molecule has 1 aromatic carbocycles. The molecule has 2 amide bonds. The lowest BCUT2D eigenvalue weighted by Crippen LogP contribution is -2.37. The Morgan fingerprint density at radius 2 is 2.30 bits per heavy atom. The number of aromatic hydroxyl groups is 1. The molecule has 0 radical (unpaired) electrons. The number of rotatable bonds is 7. The van der Waals surface area contributed by atoms with Gasteiger partial charge in [-0.25, -0.2) is 4.79 Å². The van der Waals surface area contributed by atoms with Crippen molar-refractivity contribution in [1.29, 1.82) is 0 Å². The van der Waals surface area contributed by atoms with Crippen molar-refractivity contribution in [3.63, 3.8) is 0 Å². The average Bonchev–Trinajstić information content (AvgIpc) is 3.05. The van der Waals surface area contributed by atoms with E-state index < -0.39 is 0 Å². The Hall–Kier alpha value is -2.70. The number of urea groups is 1. The summed E-state index contributed by atoms with van der Waals surface area (Å²) in [4.78, 5) is 13.6. The number of amides is 2. The summed E-state index contributed by atoms with van der Waals surface area (Å²) in [6, 6.07) is 6.82. The van der Waals surface area contributed by atoms with Crippen LogP contribution in [0.2, 0.25) is 0 Å². The largest absolute Gasteiger partial charge is 0.504 e. The summed E-state index contributed by atoms with van der Waals surface area (Å²) in [5, 5.41) is 16.7. The SMILES string of the molecule is COc1ccc(CN(C)C(=O)NCCCn2cccn2)cc1O. The molecule has 2 rings (SSSR count). The molecule has 1 aromatic heterocycles. The number of phenols is 1. The molecule has 0 spiro atoms. The second-order valence-electron chi connectivity index (χ2n) is 5.22. The lowest BCUT2D eigenvalue weighted by atomic mass is 10.2. The second kappa shape index (κ2) is 8.07. The molecule has 0 unspecified atom stereocenters. The van der Waals surface area contributed by atoms with E-state index in [1.807, 2.05) is 23.0 Å². The predicted molar refractivity (Wildman–Crippen MR) is 86.4 cm³/mol. The summed E-state index contributed by atoms with van der Waals surface area (Å²) in [6.45, 7) is 1.75. The Balaban J connectivity index is 1.74. The molecule has 0 saturated heterocycles. The maximum atomic E-state index is 12.0. The van der Waals surface area contributed by atoms with Crippen molar-refractivity contribution in [3.05, 3.63) is 42.2 Å². The van der Waals surface area contributed by atoms with Gasteiger partial charge in [0.05, 0.1) is 7.11 Å². The third-order valence-electron chi connectivity index (χ3n) is 3.41. The van der Waals surface area contributed by atoms with Gasteiger partial charge in [-0.1, -0.05) is 6.07 Å². The van der Waals surface area contributed by atoms with E-state index in [1.54, 1.807) is 30.3 Å². The van der Waals surface area contributed by atoms with E-state index in [-0.39, 0.29) is 11.8 Å². The van der Waals surface area contributed by atoms with E-state index in [0.717, 1.165) is 18.5 Å². The first-order valence-electron chi connectivity index (χ1n) is 7.42. The third-order valence-corrected chi connectivity index (χ3v) is 3.41. The summed E-state index contributed by atoms with van der Waals surface area (Å²) >= 11 is 0. The van der Waals surface area contributed by atoms with Gasteiger partial charge >= 0.3 is 6.03 Å². The molecule has 0 aliphatic heterocycles. The standard InChI is InChI=1S/C16H22N4O3/c1-19(12-13-5-6-15(23-2)14(21)11-13)16(22)17-7-3-9-20-10-4-8-18-20/h4-6,8,10-11,21H,3,7,9,12H2,1-2H3,(H,17,22). The van der Waals surface area contributed by atoms with Crippen LogP contribution in [0.25, 0.3) is 0 Å². The highest BCUT2D eigenvalue weighted by Crippen LogP contribution is 2.26. The van der Waals surface area contributed by atoms with Gasteiger partial charge in [-0.3, -0.25) is 4.68 Å². The number of phenolic OH excluding ortho intramolecular Hbond substituents is 1. The molecular weight excluding hydrogens is 296 g/mol. The third kappa shape index (κ3) is 4.91. The monoisotopic (exact) mass is 318 g/mol. The first-order chi connectivity index (χ1) is 11.1. The highest BCUT2D eigenvalue weighted by molar-refractivity contribution is 5.73. The van der Waals surface area contributed by atoms with Crippen molar-refractivity contribution in [1.82, 2.24) is 20.0 Å². The first-order valence-corrected chi connectivity index (χ1v) is 7.42. The van der Waals surface area contributed by atoms with Crippen molar-refractivity contribution in [2.24, 2.45) is 0 Å². The van der Waals surface area contributed by atoms with Gasteiger partial charge in [0, 0.05) is 39.1 Å². The Morgan fingerprint density at radius 3 is 2.96 bits per heavy atom. The minimum Gasteiger partial charge on any atom is -0.504 e. The summed E-state index contributed by atoms with van der Waals surface area (Å²) < 4.78 is 6.83. The van der Waals surface area contributed by atoms with E-state index in [0.29, 0.717) is 18.8 Å². The van der Waals surface area contributed by atoms with E-state index in [4.69, 9.17) is 4.74 Å². The highest BCUT2D eigenvalue weighted by atomic mass is 16.5. The fourth-order valence-corrected chi connectivity index (χ4v) is 2.18. The minimum atomic E-state index is -0.152. The highest BCUT2D eigenvalue weighted by Gasteiger charge is 2.10. The van der Waals surface area contributed by atoms with E-state index in [2.05, 4.69) is 10.4 Å². The fourth-order valence-electron chi connectivity index (χ4n) is 2.18. The number of hydrogen-bond donors (Lipinski definition) is 2. The Labute approximate surface area is 135 Å². The van der Waals surface area contributed by atoms with Crippen molar-refractivity contribution >= 4 is 6.03 Å². The van der Waals surface area contributed by atoms with Gasteiger partial charge in [0.25, 0.3) is 0 Å². The van der Waals surface area contributed by atoms with Gasteiger partial charge in [0.2, 0.25) is 0 Å². The zero-order valence-corrected chi connectivity index (χ0v) is 13.4. The molecule has 2 N–H and O–H groups in total. The van der Waals surface area contributed by atoms with Crippen LogP contribution in [0.5, 0.6) is 11.5 Å². The van der Waals surface area contributed by atoms with Crippen molar-refractivity contribution in [2.45, 2.75) is 19.5 Å². The van der Waals surface area contributed by atoms with Crippen LogP contribution in [-0.4, -0.2) is 46.5 Å². The molecule has 7 heteroatoms. The Kier molecular flexibility index (Phi) is 5.85. The average molecular weight is 318 g/mol. The zero-order valence-electron chi connectivity index (χ0n) is 13.4. The Bertz CT molecular complexity index is 628. The summed E-state index contributed by atoms with van der Waals surface area (Å²) in [6.07, 6.45) is 4.44. The van der Waals surface area contributed by atoms with E-state index in [9.17, 15) is 9.90 Å². The molecule has 7 nitrogen and oxygen atoms in total. The summed E-state index contributed by atoms with van der Waals surface area (Å²) in [7, 11) is 3.21. The van der Waals surface area contributed by atoms with Gasteiger partial charge in [-0.05, 0) is 30.2 Å². The molecule has 0 aliphatic carbocycles. The number of carbonyl (C=O) groups excluding carboxylic acids is 1. The predicted octanol–water partition coefficient (Wildman–Crippen LogP) is 1.83. The van der Waals surface area contributed by atoms with Crippen LogP contribution in [0.1, 0.15) is 12.0 Å². The van der Waals surface area contributed by atoms with Gasteiger partial charge in [-0.2, -0.15) is 5.10 Å². The topological polar surface area (TPSA) is 79.6 Å². The van der Waals surface area contributed by atoms with Crippen LogP contribution in [0.4, 0.5) is 4.79 Å². The van der Waals surface area contributed by atoms with Crippen molar-refractivity contribution in [3.8, 4) is 11.5 Å². The normalized spacial score (nSPS) is 10.3. The molecule has 0 saturated carbocycles. The molecule has 0 atom stereocenters. The van der Waals surface area contributed by atoms with E-state index in [1.165, 1.54) is 7.11 Å². The lowest BCUT2D eigenvalue weighted by molar-refractivity contribution is 0.206. The summed E-state index contributed by atoms with van der Waals surface area (Å²) in [5.74, 6) is 0.484. The van der Waals surface area contributed by atoms with Gasteiger partial charge < -0.3 is 20.1 Å². The maximum absolute atomic E-state index is 12.0. The van der Waals surface area contributed by atoms with Gasteiger partial charge in [0.1, 0.15) is 0 Å². The number of aromatic nitrogens is 2. The van der Waals surface area contributed by atoms with Crippen molar-refractivity contribution < 1.29 is 14.6 Å². The fraction of sp³-hybridized carbons (Fsp3) is 0.375. The number of methoxy groups -OCH3 is 1. The smallest absolute Gasteiger partial charge is 0.317 e. The van der Waals surface area contributed by atoms with Crippen LogP contribution in [-0.2, 0) is 13.1 Å². The van der Waals surface area contributed by atoms with Gasteiger partial charge in [0.15, 0.2) is 11.5 Å². The van der Waals surface area contributed by atoms with E-state index >= 15 is 0 Å². The molecule has 0 bridgehead atoms. The minimum absolute atomic E-state index is 0.0676. The number of hydrogen-bond acceptors (Lipinski definition) is 4. The first kappa shape index (κ1) is 16.7. The molecular formula is C16H22N4O3. The van der Waals surface area contributed by atoms with Crippen LogP contribution in [0.3, 0.4) is 0 Å². The Morgan fingerprint density at radius 1 is 1.48 bits per heavy atom. The molecule has 23 heavy (non-hydrogen) atoms. The second-order valence-corrected chi connectivity index (χ2v) is 5.22. The van der Waals surface area contributed by atoms with Crippen molar-refractivity contribution in [2.75, 3.05) is 20.7 Å². The zero-order chi connectivity index (χ0) is 16.7. The molecule has 124 valence electrons. The molecule has 0 fully saturated rings. The van der Waals surface area contributed by atoms with Crippen LogP contribution < -0.4 is 10.1 Å². The van der Waals surface area contributed by atoms with Gasteiger partial charge in [-0.15, -0.1) is 0 Å². The number of nitrogens with one attached hydrogen (secondary N) is 1. The number of nitrogens with zero attached hydrogens (tertiary/aromatic N) is 3. The number of carbonyl (C=O) groups is 1. The number of benzene rings is 1. The van der Waals surface area contributed by atoms with Crippen LogP contribution in [0, 0.1) is 0 Å². The number of ether oxygens (including phenoxy) is 1. The number of aryl methyl sites for hydroxylation is 1. The molecule has 0 aliphatic rings.